The summed E-state index contributed by atoms with van der Waals surface area (Å²) in [5.41, 5.74) is 5.24. The number of anilines is 1. The number of imidazole rings is 1. The Hall–Kier alpha value is -3.55. The number of rotatable bonds is 3. The molecule has 8 nitrogen and oxygen atoms in total. The molecule has 2 aromatic carbocycles. The molecule has 3 N–H and O–H groups in total. The second kappa shape index (κ2) is 6.40. The molecule has 4 rings (SSSR count). The molecule has 1 aliphatic rings. The lowest BCUT2D eigenvalue weighted by Gasteiger charge is -2.35. The minimum Gasteiger partial charge on any atom is -0.449 e. The van der Waals surface area contributed by atoms with Crippen molar-refractivity contribution in [2.75, 3.05) is 11.9 Å². The zero-order valence-electron chi connectivity index (χ0n) is 14.0. The minimum absolute atomic E-state index is 0.202. The lowest BCUT2D eigenvalue weighted by atomic mass is 10.1. The van der Waals surface area contributed by atoms with Crippen LogP contribution in [0.3, 0.4) is 0 Å². The van der Waals surface area contributed by atoms with E-state index >= 15 is 0 Å². The molecule has 0 aliphatic carbocycles. The minimum atomic E-state index is -0.705. The number of ether oxygens (including phenoxy) is 1. The number of para-hydroxylation sites is 3. The van der Waals surface area contributed by atoms with Crippen molar-refractivity contribution < 1.29 is 14.3 Å². The van der Waals surface area contributed by atoms with Crippen LogP contribution in [0.25, 0.3) is 11.0 Å². The van der Waals surface area contributed by atoms with E-state index in [4.69, 9.17) is 4.74 Å². The van der Waals surface area contributed by atoms with Crippen molar-refractivity contribution in [2.24, 2.45) is 0 Å². The lowest BCUT2D eigenvalue weighted by Crippen LogP contribution is -2.53. The maximum atomic E-state index is 12.9. The molecular formula is C18H17N5O3. The Balaban J connectivity index is 1.76. The predicted octanol–water partition coefficient (Wildman–Crippen LogP) is 2.79. The average Bonchev–Trinajstić information content (AvgIpc) is 3.08. The monoisotopic (exact) mass is 351 g/mol. The first-order valence-corrected chi connectivity index (χ1v) is 8.24. The van der Waals surface area contributed by atoms with E-state index in [1.165, 1.54) is 5.01 Å². The average molecular weight is 351 g/mol. The van der Waals surface area contributed by atoms with Gasteiger partial charge in [-0.25, -0.2) is 20.2 Å². The Morgan fingerprint density at radius 3 is 2.81 bits per heavy atom. The second-order valence-electron chi connectivity index (χ2n) is 5.74. The van der Waals surface area contributed by atoms with Crippen molar-refractivity contribution in [3.63, 3.8) is 0 Å². The number of aromatic nitrogens is 2. The van der Waals surface area contributed by atoms with Crippen LogP contribution in [-0.4, -0.2) is 33.6 Å². The number of nitrogens with one attached hydrogen (secondary N) is 3. The van der Waals surface area contributed by atoms with Gasteiger partial charge in [0.25, 0.3) is 5.91 Å². The van der Waals surface area contributed by atoms with Gasteiger partial charge in [0, 0.05) is 5.69 Å². The number of amides is 2. The standard InChI is InChI=1S/C18H17N5O3/c1-2-26-18(25)22-23-16(15-19-13-9-5-6-10-14(13)20-15)21-12-8-4-3-7-11(12)17(23)24/h3-10,16,21H,2H2,1H3,(H,19,20)(H,22,25). The molecule has 2 amide bonds. The van der Waals surface area contributed by atoms with Crippen LogP contribution in [0.15, 0.2) is 48.5 Å². The smallest absolute Gasteiger partial charge is 0.426 e. The van der Waals surface area contributed by atoms with Crippen LogP contribution < -0.4 is 10.7 Å². The molecule has 132 valence electrons. The highest BCUT2D eigenvalue weighted by Crippen LogP contribution is 2.31. The van der Waals surface area contributed by atoms with Crippen LogP contribution in [0.2, 0.25) is 0 Å². The van der Waals surface area contributed by atoms with Gasteiger partial charge in [0.15, 0.2) is 12.0 Å². The lowest BCUT2D eigenvalue weighted by molar-refractivity contribution is 0.0497. The summed E-state index contributed by atoms with van der Waals surface area (Å²) in [7, 11) is 0. The number of hydrazine groups is 1. The fraction of sp³-hybridized carbons (Fsp3) is 0.167. The van der Waals surface area contributed by atoms with Gasteiger partial charge in [0.2, 0.25) is 0 Å². The number of aromatic amines is 1. The highest BCUT2D eigenvalue weighted by atomic mass is 16.6. The molecule has 26 heavy (non-hydrogen) atoms. The number of fused-ring (bicyclic) bond motifs is 2. The van der Waals surface area contributed by atoms with E-state index in [9.17, 15) is 9.59 Å². The van der Waals surface area contributed by atoms with Crippen LogP contribution in [0.4, 0.5) is 10.5 Å². The van der Waals surface area contributed by atoms with Crippen molar-refractivity contribution in [2.45, 2.75) is 13.1 Å². The van der Waals surface area contributed by atoms with Gasteiger partial charge < -0.3 is 15.0 Å². The molecule has 2 heterocycles. The molecule has 0 saturated heterocycles. The molecule has 3 aromatic rings. The SMILES string of the molecule is CCOC(=O)NN1C(=O)c2ccccc2NC1c1nc2ccccc2[nH]1. The Labute approximate surface area is 149 Å². The molecule has 0 spiro atoms. The van der Waals surface area contributed by atoms with Crippen LogP contribution >= 0.6 is 0 Å². The van der Waals surface area contributed by atoms with Gasteiger partial charge in [0.1, 0.15) is 0 Å². The Morgan fingerprint density at radius 2 is 2.00 bits per heavy atom. The number of hydrogen-bond donors (Lipinski definition) is 3. The first-order valence-electron chi connectivity index (χ1n) is 8.24. The van der Waals surface area contributed by atoms with E-state index in [0.29, 0.717) is 17.1 Å². The van der Waals surface area contributed by atoms with E-state index in [0.717, 1.165) is 11.0 Å². The number of benzene rings is 2. The van der Waals surface area contributed by atoms with Crippen molar-refractivity contribution in [3.05, 3.63) is 59.9 Å². The highest BCUT2D eigenvalue weighted by molar-refractivity contribution is 6.02. The molecule has 1 atom stereocenters. The first-order chi connectivity index (χ1) is 12.7. The van der Waals surface area contributed by atoms with Crippen LogP contribution in [0.5, 0.6) is 0 Å². The zero-order chi connectivity index (χ0) is 18.1. The molecular weight excluding hydrogens is 334 g/mol. The topological polar surface area (TPSA) is 99.3 Å². The third kappa shape index (κ3) is 2.71. The van der Waals surface area contributed by atoms with Crippen molar-refractivity contribution in [1.82, 2.24) is 20.4 Å². The number of carbonyl (C=O) groups excluding carboxylic acids is 2. The van der Waals surface area contributed by atoms with Gasteiger partial charge in [0.05, 0.1) is 23.2 Å². The first kappa shape index (κ1) is 15.9. The highest BCUT2D eigenvalue weighted by Gasteiger charge is 2.36. The summed E-state index contributed by atoms with van der Waals surface area (Å²) in [4.78, 5) is 32.6. The number of H-pyrrole nitrogens is 1. The number of carbonyl (C=O) groups is 2. The fourth-order valence-electron chi connectivity index (χ4n) is 2.92. The number of nitrogens with zero attached hydrogens (tertiary/aromatic N) is 2. The number of hydrogen-bond acceptors (Lipinski definition) is 5. The van der Waals surface area contributed by atoms with E-state index in [1.54, 1.807) is 19.1 Å². The Morgan fingerprint density at radius 1 is 1.23 bits per heavy atom. The fourth-order valence-corrected chi connectivity index (χ4v) is 2.92. The van der Waals surface area contributed by atoms with Crippen LogP contribution in [0.1, 0.15) is 29.3 Å². The van der Waals surface area contributed by atoms with Gasteiger partial charge in [-0.2, -0.15) is 0 Å². The third-order valence-electron chi connectivity index (χ3n) is 4.08. The van der Waals surface area contributed by atoms with Gasteiger partial charge >= 0.3 is 6.09 Å². The van der Waals surface area contributed by atoms with E-state index in [1.807, 2.05) is 36.4 Å². The Kier molecular flexibility index (Phi) is 3.92. The molecule has 1 aliphatic heterocycles. The quantitative estimate of drug-likeness (QED) is 0.674. The van der Waals surface area contributed by atoms with Gasteiger partial charge in [-0.1, -0.05) is 24.3 Å². The van der Waals surface area contributed by atoms with E-state index in [2.05, 4.69) is 20.7 Å². The summed E-state index contributed by atoms with van der Waals surface area (Å²) in [6.07, 6.45) is -1.41. The summed E-state index contributed by atoms with van der Waals surface area (Å²) in [5, 5.41) is 4.44. The van der Waals surface area contributed by atoms with E-state index < -0.39 is 12.3 Å². The molecule has 1 aromatic heterocycles. The largest absolute Gasteiger partial charge is 0.449 e. The molecule has 0 fully saturated rings. The maximum Gasteiger partial charge on any atom is 0.426 e. The second-order valence-corrected chi connectivity index (χ2v) is 5.74. The van der Waals surface area contributed by atoms with Crippen molar-refractivity contribution in [3.8, 4) is 0 Å². The summed E-state index contributed by atoms with van der Waals surface area (Å²) in [6, 6.07) is 14.7. The Bertz CT molecular complexity index is 951. The zero-order valence-corrected chi connectivity index (χ0v) is 14.0. The molecule has 0 saturated carbocycles. The summed E-state index contributed by atoms with van der Waals surface area (Å²) in [5.74, 6) is 0.156. The molecule has 0 bridgehead atoms. The van der Waals surface area contributed by atoms with Crippen molar-refractivity contribution in [1.29, 1.82) is 0 Å². The van der Waals surface area contributed by atoms with Crippen LogP contribution in [-0.2, 0) is 4.74 Å². The third-order valence-corrected chi connectivity index (χ3v) is 4.08. The predicted molar refractivity (Wildman–Crippen MR) is 95.2 cm³/mol. The van der Waals surface area contributed by atoms with E-state index in [-0.39, 0.29) is 12.5 Å². The normalized spacial score (nSPS) is 16.1. The van der Waals surface area contributed by atoms with Gasteiger partial charge in [-0.05, 0) is 31.2 Å². The van der Waals surface area contributed by atoms with Crippen molar-refractivity contribution >= 4 is 28.7 Å². The summed E-state index contributed by atoms with van der Waals surface area (Å²) < 4.78 is 4.92. The summed E-state index contributed by atoms with van der Waals surface area (Å²) >= 11 is 0. The molecule has 0 radical (unpaired) electrons. The van der Waals surface area contributed by atoms with Crippen LogP contribution in [0, 0.1) is 0 Å². The molecule has 1 unspecified atom stereocenters. The van der Waals surface area contributed by atoms with Gasteiger partial charge in [-0.15, -0.1) is 0 Å². The maximum absolute atomic E-state index is 12.9. The molecule has 8 heteroatoms. The summed E-state index contributed by atoms with van der Waals surface area (Å²) in [6.45, 7) is 1.90. The van der Waals surface area contributed by atoms with Gasteiger partial charge in [-0.3, -0.25) is 4.79 Å².